The SMILES string of the molecule is CCc1ncc(C(=O)Nc2cccc(COCCOC(C)C)c2)s1. The Morgan fingerprint density at radius 2 is 2.17 bits per heavy atom. The summed E-state index contributed by atoms with van der Waals surface area (Å²) in [7, 11) is 0. The molecule has 0 atom stereocenters. The van der Waals surface area contributed by atoms with Crippen LogP contribution in [0, 0.1) is 0 Å². The molecule has 0 saturated carbocycles. The van der Waals surface area contributed by atoms with Crippen LogP contribution in [0.4, 0.5) is 5.69 Å². The highest BCUT2D eigenvalue weighted by molar-refractivity contribution is 7.13. The predicted molar refractivity (Wildman–Crippen MR) is 96.6 cm³/mol. The Balaban J connectivity index is 1.84. The molecule has 0 radical (unpaired) electrons. The Kier molecular flexibility index (Phi) is 7.36. The summed E-state index contributed by atoms with van der Waals surface area (Å²) in [4.78, 5) is 17.1. The van der Waals surface area contributed by atoms with Crippen molar-refractivity contribution in [3.05, 3.63) is 45.9 Å². The van der Waals surface area contributed by atoms with E-state index >= 15 is 0 Å². The summed E-state index contributed by atoms with van der Waals surface area (Å²) >= 11 is 1.42. The summed E-state index contributed by atoms with van der Waals surface area (Å²) in [6.45, 7) is 7.65. The molecule has 1 N–H and O–H groups in total. The first kappa shape index (κ1) is 18.6. The molecule has 0 spiro atoms. The lowest BCUT2D eigenvalue weighted by Gasteiger charge is -2.09. The van der Waals surface area contributed by atoms with Crippen LogP contribution in [0.3, 0.4) is 0 Å². The van der Waals surface area contributed by atoms with E-state index in [1.807, 2.05) is 45.0 Å². The molecule has 5 nitrogen and oxygen atoms in total. The number of ether oxygens (including phenoxy) is 2. The van der Waals surface area contributed by atoms with Crippen LogP contribution in [-0.4, -0.2) is 30.2 Å². The van der Waals surface area contributed by atoms with Gasteiger partial charge in [0.1, 0.15) is 4.88 Å². The molecule has 1 aromatic carbocycles. The summed E-state index contributed by atoms with van der Waals surface area (Å²) in [5.41, 5.74) is 1.77. The van der Waals surface area contributed by atoms with Gasteiger partial charge in [0.15, 0.2) is 0 Å². The number of rotatable bonds is 9. The van der Waals surface area contributed by atoms with Gasteiger partial charge < -0.3 is 14.8 Å². The molecular weight excluding hydrogens is 324 g/mol. The van der Waals surface area contributed by atoms with Crippen molar-refractivity contribution in [1.29, 1.82) is 0 Å². The largest absolute Gasteiger partial charge is 0.376 e. The van der Waals surface area contributed by atoms with Crippen molar-refractivity contribution in [2.75, 3.05) is 18.5 Å². The molecule has 0 fully saturated rings. The van der Waals surface area contributed by atoms with E-state index in [0.29, 0.717) is 24.7 Å². The van der Waals surface area contributed by atoms with Gasteiger partial charge in [-0.25, -0.2) is 4.98 Å². The van der Waals surface area contributed by atoms with Gasteiger partial charge in [0, 0.05) is 5.69 Å². The highest BCUT2D eigenvalue weighted by Crippen LogP contribution is 2.17. The van der Waals surface area contributed by atoms with E-state index in [2.05, 4.69) is 10.3 Å². The standard InChI is InChI=1S/C18H24N2O3S/c1-4-17-19-11-16(24-17)18(21)20-15-7-5-6-14(10-15)12-22-8-9-23-13(2)3/h5-7,10-11,13H,4,8-9,12H2,1-3H3,(H,20,21). The van der Waals surface area contributed by atoms with Gasteiger partial charge in [0.05, 0.1) is 37.1 Å². The average Bonchev–Trinajstić information content (AvgIpc) is 3.04. The van der Waals surface area contributed by atoms with E-state index in [0.717, 1.165) is 22.7 Å². The van der Waals surface area contributed by atoms with E-state index in [1.54, 1.807) is 6.20 Å². The third-order valence-electron chi connectivity index (χ3n) is 3.21. The molecule has 130 valence electrons. The molecule has 0 unspecified atom stereocenters. The van der Waals surface area contributed by atoms with Crippen molar-refractivity contribution >= 4 is 22.9 Å². The lowest BCUT2D eigenvalue weighted by atomic mass is 10.2. The first-order valence-corrected chi connectivity index (χ1v) is 8.94. The first-order chi connectivity index (χ1) is 11.6. The summed E-state index contributed by atoms with van der Waals surface area (Å²) < 4.78 is 11.0. The summed E-state index contributed by atoms with van der Waals surface area (Å²) in [5, 5.41) is 3.87. The molecule has 24 heavy (non-hydrogen) atoms. The molecule has 0 aliphatic rings. The quantitative estimate of drug-likeness (QED) is 0.698. The Bertz CT molecular complexity index is 655. The molecule has 6 heteroatoms. The predicted octanol–water partition coefficient (Wildman–Crippen LogP) is 3.90. The van der Waals surface area contributed by atoms with Crippen LogP contribution in [0.2, 0.25) is 0 Å². The van der Waals surface area contributed by atoms with Crippen LogP contribution in [-0.2, 0) is 22.5 Å². The second-order valence-electron chi connectivity index (χ2n) is 5.60. The van der Waals surface area contributed by atoms with Gasteiger partial charge in [-0.3, -0.25) is 4.79 Å². The van der Waals surface area contributed by atoms with Crippen molar-refractivity contribution in [2.45, 2.75) is 39.9 Å². The molecule has 0 bridgehead atoms. The third-order valence-corrected chi connectivity index (χ3v) is 4.35. The van der Waals surface area contributed by atoms with Gasteiger partial charge in [-0.05, 0) is 38.0 Å². The van der Waals surface area contributed by atoms with Crippen LogP contribution in [0.5, 0.6) is 0 Å². The molecule has 1 amide bonds. The van der Waals surface area contributed by atoms with Crippen molar-refractivity contribution in [2.24, 2.45) is 0 Å². The third kappa shape index (κ3) is 6.03. The van der Waals surface area contributed by atoms with E-state index in [9.17, 15) is 4.79 Å². The fourth-order valence-corrected chi connectivity index (χ4v) is 2.80. The number of thiazole rings is 1. The molecule has 2 rings (SSSR count). The number of carbonyl (C=O) groups is 1. The zero-order valence-electron chi connectivity index (χ0n) is 14.4. The van der Waals surface area contributed by atoms with Crippen LogP contribution in [0.15, 0.2) is 30.5 Å². The number of nitrogens with zero attached hydrogens (tertiary/aromatic N) is 1. The minimum absolute atomic E-state index is 0.129. The number of hydrogen-bond acceptors (Lipinski definition) is 5. The molecule has 0 aliphatic carbocycles. The van der Waals surface area contributed by atoms with Crippen LogP contribution in [0.25, 0.3) is 0 Å². The molecule has 0 saturated heterocycles. The maximum absolute atomic E-state index is 12.2. The van der Waals surface area contributed by atoms with E-state index in [1.165, 1.54) is 11.3 Å². The summed E-state index contributed by atoms with van der Waals surface area (Å²) in [6.07, 6.45) is 2.68. The fraction of sp³-hybridized carbons (Fsp3) is 0.444. The molecule has 2 aromatic rings. The first-order valence-electron chi connectivity index (χ1n) is 8.12. The molecule has 1 aromatic heterocycles. The number of amides is 1. The van der Waals surface area contributed by atoms with Crippen LogP contribution < -0.4 is 5.32 Å². The number of benzene rings is 1. The van der Waals surface area contributed by atoms with Crippen molar-refractivity contribution < 1.29 is 14.3 Å². The topological polar surface area (TPSA) is 60.5 Å². The molecule has 1 heterocycles. The van der Waals surface area contributed by atoms with Gasteiger partial charge in [-0.15, -0.1) is 11.3 Å². The maximum atomic E-state index is 12.2. The minimum Gasteiger partial charge on any atom is -0.376 e. The second kappa shape index (κ2) is 9.52. The lowest BCUT2D eigenvalue weighted by Crippen LogP contribution is -2.11. The smallest absolute Gasteiger partial charge is 0.267 e. The van der Waals surface area contributed by atoms with Gasteiger partial charge in [-0.2, -0.15) is 0 Å². The lowest BCUT2D eigenvalue weighted by molar-refractivity contribution is 0.0143. The van der Waals surface area contributed by atoms with E-state index < -0.39 is 0 Å². The van der Waals surface area contributed by atoms with Crippen molar-refractivity contribution in [1.82, 2.24) is 4.98 Å². The number of aryl methyl sites for hydroxylation is 1. The average molecular weight is 348 g/mol. The fourth-order valence-electron chi connectivity index (χ4n) is 2.04. The normalized spacial score (nSPS) is 11.0. The van der Waals surface area contributed by atoms with Gasteiger partial charge in [0.2, 0.25) is 0 Å². The maximum Gasteiger partial charge on any atom is 0.267 e. The Labute approximate surface area is 147 Å². The monoisotopic (exact) mass is 348 g/mol. The van der Waals surface area contributed by atoms with Crippen LogP contribution in [0.1, 0.15) is 41.0 Å². The second-order valence-corrected chi connectivity index (χ2v) is 6.71. The summed E-state index contributed by atoms with van der Waals surface area (Å²) in [5.74, 6) is -0.129. The Morgan fingerprint density at radius 1 is 1.33 bits per heavy atom. The summed E-state index contributed by atoms with van der Waals surface area (Å²) in [6, 6.07) is 7.66. The van der Waals surface area contributed by atoms with Crippen LogP contribution >= 0.6 is 11.3 Å². The highest BCUT2D eigenvalue weighted by atomic mass is 32.1. The number of carbonyl (C=O) groups excluding carboxylic acids is 1. The number of anilines is 1. The van der Waals surface area contributed by atoms with Gasteiger partial charge >= 0.3 is 0 Å². The number of aromatic nitrogens is 1. The molecule has 0 aliphatic heterocycles. The highest BCUT2D eigenvalue weighted by Gasteiger charge is 2.10. The van der Waals surface area contributed by atoms with Gasteiger partial charge in [-0.1, -0.05) is 19.1 Å². The minimum atomic E-state index is -0.129. The number of hydrogen-bond donors (Lipinski definition) is 1. The van der Waals surface area contributed by atoms with E-state index in [-0.39, 0.29) is 12.0 Å². The number of nitrogens with one attached hydrogen (secondary N) is 1. The molecular formula is C18H24N2O3S. The van der Waals surface area contributed by atoms with Crippen molar-refractivity contribution in [3.63, 3.8) is 0 Å². The Morgan fingerprint density at radius 3 is 2.88 bits per heavy atom. The van der Waals surface area contributed by atoms with Gasteiger partial charge in [0.25, 0.3) is 5.91 Å². The van der Waals surface area contributed by atoms with Crippen molar-refractivity contribution in [3.8, 4) is 0 Å². The zero-order valence-corrected chi connectivity index (χ0v) is 15.2. The Hall–Kier alpha value is -1.76. The zero-order chi connectivity index (χ0) is 17.4. The van der Waals surface area contributed by atoms with E-state index in [4.69, 9.17) is 9.47 Å².